The van der Waals surface area contributed by atoms with Crippen molar-refractivity contribution in [1.29, 1.82) is 0 Å². The Hall–Kier alpha value is -2.12. The Morgan fingerprint density at radius 2 is 1.68 bits per heavy atom. The topological polar surface area (TPSA) is 60.9 Å². The molecule has 0 unspecified atom stereocenters. The van der Waals surface area contributed by atoms with E-state index in [1.165, 1.54) is 10.4 Å². The minimum absolute atomic E-state index is 0.222. The van der Waals surface area contributed by atoms with E-state index in [1.54, 1.807) is 24.3 Å². The van der Waals surface area contributed by atoms with Crippen LogP contribution in [0.5, 0.6) is 5.75 Å². The molecule has 1 aliphatic rings. The molecule has 0 saturated carbocycles. The summed E-state index contributed by atoms with van der Waals surface area (Å²) >= 11 is 5.95. The van der Waals surface area contributed by atoms with Crippen LogP contribution in [0.4, 0.5) is 0 Å². The molecule has 0 amide bonds. The van der Waals surface area contributed by atoms with Crippen molar-refractivity contribution in [2.24, 2.45) is 0 Å². The van der Waals surface area contributed by atoms with Gasteiger partial charge in [0, 0.05) is 43.3 Å². The number of fused-ring (bicyclic) bond motifs is 1. The fourth-order valence-corrected chi connectivity index (χ4v) is 5.34. The first-order valence-corrected chi connectivity index (χ1v) is 10.9. The van der Waals surface area contributed by atoms with Gasteiger partial charge in [-0.25, -0.2) is 8.42 Å². The summed E-state index contributed by atoms with van der Waals surface area (Å²) in [7, 11) is -3.55. The van der Waals surface area contributed by atoms with Crippen molar-refractivity contribution < 1.29 is 13.5 Å². The van der Waals surface area contributed by atoms with Gasteiger partial charge >= 0.3 is 0 Å². The molecule has 1 fully saturated rings. The fourth-order valence-electron chi connectivity index (χ4n) is 3.62. The van der Waals surface area contributed by atoms with E-state index in [2.05, 4.69) is 4.90 Å². The van der Waals surface area contributed by atoms with Gasteiger partial charge in [0.1, 0.15) is 5.75 Å². The van der Waals surface area contributed by atoms with E-state index in [-0.39, 0.29) is 10.6 Å². The van der Waals surface area contributed by atoms with Gasteiger partial charge in [0.25, 0.3) is 0 Å². The predicted molar refractivity (Wildman–Crippen MR) is 111 cm³/mol. The van der Waals surface area contributed by atoms with Gasteiger partial charge in [0.05, 0.1) is 4.90 Å². The molecule has 1 saturated heterocycles. The highest BCUT2D eigenvalue weighted by Crippen LogP contribution is 2.29. The zero-order valence-electron chi connectivity index (χ0n) is 15.3. The minimum atomic E-state index is -3.55. The Labute approximate surface area is 169 Å². The quantitative estimate of drug-likeness (QED) is 0.704. The van der Waals surface area contributed by atoms with E-state index in [9.17, 15) is 13.5 Å². The molecule has 0 bridgehead atoms. The lowest BCUT2D eigenvalue weighted by Gasteiger charge is -2.34. The largest absolute Gasteiger partial charge is 0.508 e. The van der Waals surface area contributed by atoms with Crippen LogP contribution in [-0.2, 0) is 16.6 Å². The number of halogens is 1. The molecule has 0 radical (unpaired) electrons. The summed E-state index contributed by atoms with van der Waals surface area (Å²) in [5.41, 5.74) is 0.879. The van der Waals surface area contributed by atoms with Gasteiger partial charge in [-0.2, -0.15) is 4.31 Å². The normalized spacial score (nSPS) is 16.5. The van der Waals surface area contributed by atoms with Crippen LogP contribution in [-0.4, -0.2) is 48.9 Å². The van der Waals surface area contributed by atoms with Crippen LogP contribution in [0.2, 0.25) is 5.02 Å². The van der Waals surface area contributed by atoms with Gasteiger partial charge in [0.2, 0.25) is 10.0 Å². The standard InChI is InChI=1S/C21H21ClN2O3S/c22-17-5-3-6-18(14-17)28(26,27)24-12-10-23(11-13-24)15-20-19-7-2-1-4-16(19)8-9-21(20)25/h1-9,14,25H,10-13,15H2. The highest BCUT2D eigenvalue weighted by Gasteiger charge is 2.29. The van der Waals surface area contributed by atoms with Crippen LogP contribution in [0.1, 0.15) is 5.56 Å². The van der Waals surface area contributed by atoms with Crippen molar-refractivity contribution in [2.45, 2.75) is 11.4 Å². The number of hydrogen-bond acceptors (Lipinski definition) is 4. The molecule has 3 aromatic rings. The van der Waals surface area contributed by atoms with E-state index in [1.807, 2.05) is 30.3 Å². The number of phenols is 1. The van der Waals surface area contributed by atoms with E-state index in [0.717, 1.165) is 16.3 Å². The third-order valence-electron chi connectivity index (χ3n) is 5.16. The van der Waals surface area contributed by atoms with Gasteiger partial charge in [-0.3, -0.25) is 4.90 Å². The summed E-state index contributed by atoms with van der Waals surface area (Å²) in [6.45, 7) is 2.59. The van der Waals surface area contributed by atoms with Crippen molar-refractivity contribution in [1.82, 2.24) is 9.21 Å². The van der Waals surface area contributed by atoms with Gasteiger partial charge in [-0.1, -0.05) is 48.0 Å². The molecule has 28 heavy (non-hydrogen) atoms. The molecule has 0 atom stereocenters. The summed E-state index contributed by atoms with van der Waals surface area (Å²) in [5, 5.41) is 12.9. The molecule has 0 aromatic heterocycles. The molecule has 1 aliphatic heterocycles. The molecule has 3 aromatic carbocycles. The van der Waals surface area contributed by atoms with Gasteiger partial charge in [0.15, 0.2) is 0 Å². The lowest BCUT2D eigenvalue weighted by molar-refractivity contribution is 0.180. The monoisotopic (exact) mass is 416 g/mol. The predicted octanol–water partition coefficient (Wildman–Crippen LogP) is 3.71. The van der Waals surface area contributed by atoms with E-state index in [4.69, 9.17) is 11.6 Å². The molecule has 1 N–H and O–H groups in total. The molecule has 4 rings (SSSR count). The molecule has 1 heterocycles. The van der Waals surface area contributed by atoms with Gasteiger partial charge in [-0.15, -0.1) is 0 Å². The number of sulfonamides is 1. The Kier molecular flexibility index (Phi) is 5.29. The average molecular weight is 417 g/mol. The molecular formula is C21H21ClN2O3S. The van der Waals surface area contributed by atoms with Crippen LogP contribution in [0, 0.1) is 0 Å². The van der Waals surface area contributed by atoms with Crippen LogP contribution in [0.3, 0.4) is 0 Å². The summed E-state index contributed by atoms with van der Waals surface area (Å²) in [4.78, 5) is 2.39. The Balaban J connectivity index is 1.49. The highest BCUT2D eigenvalue weighted by molar-refractivity contribution is 7.89. The van der Waals surface area contributed by atoms with Crippen molar-refractivity contribution in [3.63, 3.8) is 0 Å². The Morgan fingerprint density at radius 1 is 0.929 bits per heavy atom. The minimum Gasteiger partial charge on any atom is -0.508 e. The zero-order chi connectivity index (χ0) is 19.7. The molecule has 0 spiro atoms. The lowest BCUT2D eigenvalue weighted by atomic mass is 10.0. The maximum absolute atomic E-state index is 12.8. The number of benzene rings is 3. The molecule has 0 aliphatic carbocycles. The second-order valence-corrected chi connectivity index (χ2v) is 9.30. The molecule has 5 nitrogen and oxygen atoms in total. The molecular weight excluding hydrogens is 396 g/mol. The van der Waals surface area contributed by atoms with Crippen molar-refractivity contribution in [2.75, 3.05) is 26.2 Å². The maximum Gasteiger partial charge on any atom is 0.243 e. The van der Waals surface area contributed by atoms with Crippen molar-refractivity contribution in [3.05, 3.63) is 71.2 Å². The first-order chi connectivity index (χ1) is 13.4. The summed E-state index contributed by atoms with van der Waals surface area (Å²) in [5.74, 6) is 0.271. The Morgan fingerprint density at radius 3 is 2.43 bits per heavy atom. The number of hydrogen-bond donors (Lipinski definition) is 1. The van der Waals surface area contributed by atoms with Crippen molar-refractivity contribution in [3.8, 4) is 5.75 Å². The van der Waals surface area contributed by atoms with Crippen molar-refractivity contribution >= 4 is 32.4 Å². The van der Waals surface area contributed by atoms with Crippen LogP contribution < -0.4 is 0 Å². The smallest absolute Gasteiger partial charge is 0.243 e. The van der Waals surface area contributed by atoms with E-state index in [0.29, 0.717) is 37.7 Å². The fraction of sp³-hybridized carbons (Fsp3) is 0.238. The summed E-state index contributed by atoms with van der Waals surface area (Å²) in [6, 6.07) is 18.0. The average Bonchev–Trinajstić information content (AvgIpc) is 2.70. The van der Waals surface area contributed by atoms with Gasteiger partial charge < -0.3 is 5.11 Å². The number of piperazine rings is 1. The summed E-state index contributed by atoms with van der Waals surface area (Å²) < 4.78 is 27.2. The number of phenolic OH excluding ortho intramolecular Hbond substituents is 1. The number of rotatable bonds is 4. The second-order valence-electron chi connectivity index (χ2n) is 6.92. The third-order valence-corrected chi connectivity index (χ3v) is 7.29. The number of aromatic hydroxyl groups is 1. The molecule has 7 heteroatoms. The molecule has 146 valence electrons. The van der Waals surface area contributed by atoms with E-state index < -0.39 is 10.0 Å². The van der Waals surface area contributed by atoms with Gasteiger partial charge in [-0.05, 0) is 35.0 Å². The first-order valence-electron chi connectivity index (χ1n) is 9.13. The maximum atomic E-state index is 12.8. The second kappa shape index (κ2) is 7.72. The summed E-state index contributed by atoms with van der Waals surface area (Å²) in [6.07, 6.45) is 0. The lowest BCUT2D eigenvalue weighted by Crippen LogP contribution is -2.48. The Bertz CT molecular complexity index is 1110. The third kappa shape index (κ3) is 3.73. The zero-order valence-corrected chi connectivity index (χ0v) is 16.8. The highest BCUT2D eigenvalue weighted by atomic mass is 35.5. The van der Waals surface area contributed by atoms with E-state index >= 15 is 0 Å². The first kappa shape index (κ1) is 19.2. The number of nitrogens with zero attached hydrogens (tertiary/aromatic N) is 2. The van der Waals surface area contributed by atoms with Crippen LogP contribution in [0.15, 0.2) is 65.6 Å². The van der Waals surface area contributed by atoms with Crippen LogP contribution >= 0.6 is 11.6 Å². The SMILES string of the molecule is O=S(=O)(c1cccc(Cl)c1)N1CCN(Cc2c(O)ccc3ccccc23)CC1. The van der Waals surface area contributed by atoms with Crippen LogP contribution in [0.25, 0.3) is 10.8 Å².